The minimum Gasteiger partial charge on any atom is -0.463 e. The Morgan fingerprint density at radius 3 is 2.25 bits per heavy atom. The highest BCUT2D eigenvalue weighted by Crippen LogP contribution is 2.13. The van der Waals surface area contributed by atoms with Crippen LogP contribution in [0.3, 0.4) is 0 Å². The Morgan fingerprint density at radius 1 is 1.33 bits per heavy atom. The SMILES string of the molecule is CCCC(CC)C(=O)OC(C)C. The van der Waals surface area contributed by atoms with Crippen LogP contribution < -0.4 is 0 Å². The maximum atomic E-state index is 11.4. The Labute approximate surface area is 75.3 Å². The van der Waals surface area contributed by atoms with Crippen LogP contribution in [-0.2, 0) is 9.53 Å². The Morgan fingerprint density at radius 2 is 1.92 bits per heavy atom. The molecule has 0 amide bonds. The number of hydrogen-bond acceptors (Lipinski definition) is 2. The van der Waals surface area contributed by atoms with E-state index >= 15 is 0 Å². The Bertz CT molecular complexity index is 130. The Balaban J connectivity index is 3.85. The fourth-order valence-corrected chi connectivity index (χ4v) is 1.17. The second kappa shape index (κ2) is 6.04. The van der Waals surface area contributed by atoms with E-state index in [1.54, 1.807) is 0 Å². The first-order valence-electron chi connectivity index (χ1n) is 4.82. The minimum atomic E-state index is -0.0330. The van der Waals surface area contributed by atoms with Crippen molar-refractivity contribution in [3.63, 3.8) is 0 Å². The van der Waals surface area contributed by atoms with Crippen molar-refractivity contribution in [1.29, 1.82) is 0 Å². The summed E-state index contributed by atoms with van der Waals surface area (Å²) in [4.78, 5) is 11.4. The molecule has 1 unspecified atom stereocenters. The van der Waals surface area contributed by atoms with Crippen molar-refractivity contribution in [3.05, 3.63) is 0 Å². The largest absolute Gasteiger partial charge is 0.463 e. The summed E-state index contributed by atoms with van der Waals surface area (Å²) in [6.45, 7) is 7.89. The molecule has 0 aromatic rings. The molecule has 0 aliphatic carbocycles. The molecule has 0 saturated carbocycles. The molecule has 0 rings (SSSR count). The maximum Gasteiger partial charge on any atom is 0.309 e. The van der Waals surface area contributed by atoms with Crippen LogP contribution >= 0.6 is 0 Å². The lowest BCUT2D eigenvalue weighted by atomic mass is 10.0. The van der Waals surface area contributed by atoms with Crippen LogP contribution in [-0.4, -0.2) is 12.1 Å². The summed E-state index contributed by atoms with van der Waals surface area (Å²) in [6, 6.07) is 0. The van der Waals surface area contributed by atoms with Crippen molar-refractivity contribution in [2.45, 2.75) is 53.1 Å². The van der Waals surface area contributed by atoms with Gasteiger partial charge in [0.1, 0.15) is 0 Å². The summed E-state index contributed by atoms with van der Waals surface area (Å²) in [5.74, 6) is 0.0757. The number of ether oxygens (including phenoxy) is 1. The molecule has 72 valence electrons. The van der Waals surface area contributed by atoms with Gasteiger partial charge in [0.15, 0.2) is 0 Å². The van der Waals surface area contributed by atoms with Crippen LogP contribution in [0.2, 0.25) is 0 Å². The number of rotatable bonds is 5. The molecule has 0 fully saturated rings. The zero-order valence-electron chi connectivity index (χ0n) is 8.59. The van der Waals surface area contributed by atoms with Crippen molar-refractivity contribution in [1.82, 2.24) is 0 Å². The minimum absolute atomic E-state index is 0.0170. The van der Waals surface area contributed by atoms with Crippen LogP contribution in [0.15, 0.2) is 0 Å². The first-order chi connectivity index (χ1) is 5.61. The van der Waals surface area contributed by atoms with Gasteiger partial charge in [-0.05, 0) is 26.7 Å². The van der Waals surface area contributed by atoms with Crippen molar-refractivity contribution in [3.8, 4) is 0 Å². The number of carbonyl (C=O) groups is 1. The highest BCUT2D eigenvalue weighted by Gasteiger charge is 2.17. The van der Waals surface area contributed by atoms with Gasteiger partial charge in [-0.3, -0.25) is 4.79 Å². The van der Waals surface area contributed by atoms with Crippen LogP contribution in [0.1, 0.15) is 47.0 Å². The number of carbonyl (C=O) groups excluding carboxylic acids is 1. The molecule has 0 aromatic heterocycles. The average Bonchev–Trinajstić information content (AvgIpc) is 1.98. The Kier molecular flexibility index (Phi) is 5.77. The van der Waals surface area contributed by atoms with E-state index in [9.17, 15) is 4.79 Å². The molecule has 0 aliphatic rings. The molecule has 12 heavy (non-hydrogen) atoms. The van der Waals surface area contributed by atoms with Gasteiger partial charge in [-0.2, -0.15) is 0 Å². The maximum absolute atomic E-state index is 11.4. The molecule has 2 nitrogen and oxygen atoms in total. The molecule has 0 saturated heterocycles. The van der Waals surface area contributed by atoms with Crippen molar-refractivity contribution in [2.24, 2.45) is 5.92 Å². The van der Waals surface area contributed by atoms with E-state index < -0.39 is 0 Å². The van der Waals surface area contributed by atoms with Gasteiger partial charge in [-0.1, -0.05) is 20.3 Å². The molecular formula is C10H20O2. The van der Waals surface area contributed by atoms with Gasteiger partial charge in [0.05, 0.1) is 12.0 Å². The first kappa shape index (κ1) is 11.5. The van der Waals surface area contributed by atoms with Gasteiger partial charge in [0.25, 0.3) is 0 Å². The summed E-state index contributed by atoms with van der Waals surface area (Å²) < 4.78 is 5.12. The fourth-order valence-electron chi connectivity index (χ4n) is 1.17. The molecule has 0 aromatic carbocycles. The molecule has 0 spiro atoms. The molecular weight excluding hydrogens is 152 g/mol. The van der Waals surface area contributed by atoms with Crippen LogP contribution in [0.5, 0.6) is 0 Å². The lowest BCUT2D eigenvalue weighted by Gasteiger charge is -2.14. The smallest absolute Gasteiger partial charge is 0.309 e. The standard InChI is InChI=1S/C10H20O2/c1-5-7-9(6-2)10(11)12-8(3)4/h8-9H,5-7H2,1-4H3. The second-order valence-corrected chi connectivity index (χ2v) is 3.38. The monoisotopic (exact) mass is 172 g/mol. The van der Waals surface area contributed by atoms with Gasteiger partial charge in [0.2, 0.25) is 0 Å². The fraction of sp³-hybridized carbons (Fsp3) is 0.900. The van der Waals surface area contributed by atoms with Gasteiger partial charge < -0.3 is 4.74 Å². The van der Waals surface area contributed by atoms with E-state index in [0.29, 0.717) is 0 Å². The third kappa shape index (κ3) is 4.37. The molecule has 0 N–H and O–H groups in total. The van der Waals surface area contributed by atoms with E-state index in [1.165, 1.54) is 0 Å². The van der Waals surface area contributed by atoms with E-state index in [1.807, 2.05) is 20.8 Å². The van der Waals surface area contributed by atoms with Gasteiger partial charge in [-0.25, -0.2) is 0 Å². The summed E-state index contributed by atoms with van der Waals surface area (Å²) in [7, 11) is 0. The lowest BCUT2D eigenvalue weighted by Crippen LogP contribution is -2.20. The molecule has 0 bridgehead atoms. The van der Waals surface area contributed by atoms with Crippen molar-refractivity contribution in [2.75, 3.05) is 0 Å². The molecule has 0 aliphatic heterocycles. The highest BCUT2D eigenvalue weighted by atomic mass is 16.5. The van der Waals surface area contributed by atoms with E-state index in [4.69, 9.17) is 4.74 Å². The predicted molar refractivity (Wildman–Crippen MR) is 49.9 cm³/mol. The average molecular weight is 172 g/mol. The third-order valence-electron chi connectivity index (χ3n) is 1.82. The summed E-state index contributed by atoms with van der Waals surface area (Å²) in [6.07, 6.45) is 2.90. The van der Waals surface area contributed by atoms with Gasteiger partial charge in [-0.15, -0.1) is 0 Å². The van der Waals surface area contributed by atoms with E-state index in [2.05, 4.69) is 6.92 Å². The highest BCUT2D eigenvalue weighted by molar-refractivity contribution is 5.72. The summed E-state index contributed by atoms with van der Waals surface area (Å²) >= 11 is 0. The number of esters is 1. The third-order valence-corrected chi connectivity index (χ3v) is 1.82. The van der Waals surface area contributed by atoms with Crippen LogP contribution in [0, 0.1) is 5.92 Å². The van der Waals surface area contributed by atoms with E-state index in [-0.39, 0.29) is 18.0 Å². The van der Waals surface area contributed by atoms with Crippen LogP contribution in [0.4, 0.5) is 0 Å². The summed E-state index contributed by atoms with van der Waals surface area (Å²) in [5.41, 5.74) is 0. The second-order valence-electron chi connectivity index (χ2n) is 3.38. The topological polar surface area (TPSA) is 26.3 Å². The molecule has 2 heteroatoms. The lowest BCUT2D eigenvalue weighted by molar-refractivity contribution is -0.152. The zero-order valence-corrected chi connectivity index (χ0v) is 8.59. The zero-order chi connectivity index (χ0) is 9.56. The quantitative estimate of drug-likeness (QED) is 0.596. The molecule has 0 heterocycles. The van der Waals surface area contributed by atoms with E-state index in [0.717, 1.165) is 19.3 Å². The van der Waals surface area contributed by atoms with Gasteiger partial charge >= 0.3 is 5.97 Å². The first-order valence-corrected chi connectivity index (χ1v) is 4.82. The molecule has 0 radical (unpaired) electrons. The van der Waals surface area contributed by atoms with Crippen molar-refractivity contribution >= 4 is 5.97 Å². The van der Waals surface area contributed by atoms with Crippen molar-refractivity contribution < 1.29 is 9.53 Å². The van der Waals surface area contributed by atoms with Gasteiger partial charge in [0, 0.05) is 0 Å². The van der Waals surface area contributed by atoms with Crippen LogP contribution in [0.25, 0.3) is 0 Å². The predicted octanol–water partition coefficient (Wildman–Crippen LogP) is 2.76. The number of hydrogen-bond donors (Lipinski definition) is 0. The normalized spacial score (nSPS) is 13.1. The summed E-state index contributed by atoms with van der Waals surface area (Å²) in [5, 5.41) is 0. The Hall–Kier alpha value is -0.530. The molecule has 1 atom stereocenters.